The zero-order chi connectivity index (χ0) is 24.3. The van der Waals surface area contributed by atoms with Crippen LogP contribution in [-0.4, -0.2) is 30.8 Å². The predicted molar refractivity (Wildman–Crippen MR) is 110 cm³/mol. The van der Waals surface area contributed by atoms with Crippen LogP contribution in [-0.2, 0) is 24.8 Å². The van der Waals surface area contributed by atoms with Gasteiger partial charge in [-0.3, -0.25) is 14.7 Å². The van der Waals surface area contributed by atoms with Gasteiger partial charge in [-0.05, 0) is 18.2 Å². The molecular weight excluding hydrogens is 501 g/mol. The van der Waals surface area contributed by atoms with Gasteiger partial charge < -0.3 is 14.0 Å². The molecule has 2 rings (SSSR count). The first-order chi connectivity index (χ1) is 14.8. The molecule has 2 aromatic rings. The summed E-state index contributed by atoms with van der Waals surface area (Å²) in [7, 11) is -2.85. The number of hydrogen-bond acceptors (Lipinski definition) is 7. The highest BCUT2D eigenvalue weighted by Gasteiger charge is 2.35. The standard InChI is InChI=1S/C18H15Cl2F3NO7P/c1-3-32(28,30-9-16(25)29-2)15-8-11(4-5-14(15)24(26)27)31-17-12(19)6-10(7-13(17)20)18(21,22)23/h4-8H,3,9H2,1-2H3. The molecule has 174 valence electrons. The Bertz CT molecular complexity index is 1070. The maximum atomic E-state index is 13.3. The van der Waals surface area contributed by atoms with Gasteiger partial charge in [0.2, 0.25) is 7.37 Å². The predicted octanol–water partition coefficient (Wildman–Crippen LogP) is 5.83. The molecule has 0 heterocycles. The number of carbonyl (C=O) groups is 1. The van der Waals surface area contributed by atoms with Crippen LogP contribution in [0.3, 0.4) is 0 Å². The number of nitrogens with zero attached hydrogens (tertiary/aromatic N) is 1. The molecule has 0 aliphatic carbocycles. The minimum Gasteiger partial charge on any atom is -0.467 e. The van der Waals surface area contributed by atoms with E-state index in [2.05, 4.69) is 4.74 Å². The van der Waals surface area contributed by atoms with E-state index in [9.17, 15) is 32.6 Å². The second-order valence-electron chi connectivity index (χ2n) is 6.12. The molecule has 32 heavy (non-hydrogen) atoms. The van der Waals surface area contributed by atoms with Crippen molar-refractivity contribution in [2.75, 3.05) is 19.9 Å². The first-order valence-corrected chi connectivity index (χ1v) is 11.2. The third kappa shape index (κ3) is 5.92. The molecule has 0 aromatic heterocycles. The molecule has 0 saturated heterocycles. The average Bonchev–Trinajstić information content (AvgIpc) is 2.73. The van der Waals surface area contributed by atoms with Crippen molar-refractivity contribution in [2.45, 2.75) is 13.1 Å². The number of methoxy groups -OCH3 is 1. The Balaban J connectivity index is 2.51. The Kier molecular flexibility index (Phi) is 8.17. The summed E-state index contributed by atoms with van der Waals surface area (Å²) in [6, 6.07) is 4.31. The summed E-state index contributed by atoms with van der Waals surface area (Å²) in [5, 5.41) is 10.1. The Hall–Kier alpha value is -2.33. The quantitative estimate of drug-likeness (QED) is 0.188. The largest absolute Gasteiger partial charge is 0.467 e. The molecule has 14 heteroatoms. The fraction of sp³-hybridized carbons (Fsp3) is 0.278. The molecule has 0 amide bonds. The first kappa shape index (κ1) is 25.9. The lowest BCUT2D eigenvalue weighted by Gasteiger charge is -2.18. The lowest BCUT2D eigenvalue weighted by Crippen LogP contribution is -2.18. The van der Waals surface area contributed by atoms with Gasteiger partial charge in [-0.2, -0.15) is 13.2 Å². The SMILES string of the molecule is CCP(=O)(OCC(=O)OC)c1cc(Oc2c(Cl)cc(C(F)(F)F)cc2Cl)ccc1[N+](=O)[O-]. The Labute approximate surface area is 189 Å². The molecule has 0 bridgehead atoms. The number of rotatable bonds is 8. The number of esters is 1. The second-order valence-corrected chi connectivity index (χ2v) is 9.65. The van der Waals surface area contributed by atoms with E-state index in [0.29, 0.717) is 12.1 Å². The highest BCUT2D eigenvalue weighted by molar-refractivity contribution is 7.67. The van der Waals surface area contributed by atoms with Gasteiger partial charge in [0.1, 0.15) is 11.1 Å². The molecule has 0 aliphatic heterocycles. The summed E-state index contributed by atoms with van der Waals surface area (Å²) in [5.74, 6) is -1.36. The normalized spacial score (nSPS) is 13.3. The van der Waals surface area contributed by atoms with Crippen LogP contribution >= 0.6 is 30.6 Å². The van der Waals surface area contributed by atoms with Gasteiger partial charge in [-0.15, -0.1) is 0 Å². The summed E-state index contributed by atoms with van der Waals surface area (Å²) in [4.78, 5) is 22.0. The van der Waals surface area contributed by atoms with E-state index in [-0.39, 0.29) is 23.0 Å². The number of carbonyl (C=O) groups excluding carboxylic acids is 1. The second kappa shape index (κ2) is 10.1. The fourth-order valence-electron chi connectivity index (χ4n) is 2.48. The van der Waals surface area contributed by atoms with E-state index in [1.165, 1.54) is 6.92 Å². The van der Waals surface area contributed by atoms with Crippen molar-refractivity contribution < 1.29 is 41.5 Å². The zero-order valence-corrected chi connectivity index (χ0v) is 18.8. The number of hydrogen-bond donors (Lipinski definition) is 0. The first-order valence-electron chi connectivity index (χ1n) is 8.66. The Morgan fingerprint density at radius 2 is 1.78 bits per heavy atom. The monoisotopic (exact) mass is 515 g/mol. The van der Waals surface area contributed by atoms with Crippen LogP contribution in [0.4, 0.5) is 18.9 Å². The molecular formula is C18H15Cl2F3NO7P. The summed E-state index contributed by atoms with van der Waals surface area (Å²) in [6.45, 7) is 0.708. The van der Waals surface area contributed by atoms with E-state index in [0.717, 1.165) is 25.3 Å². The van der Waals surface area contributed by atoms with Crippen molar-refractivity contribution in [3.63, 3.8) is 0 Å². The third-order valence-electron chi connectivity index (χ3n) is 4.09. The van der Waals surface area contributed by atoms with Crippen LogP contribution in [0.5, 0.6) is 11.5 Å². The van der Waals surface area contributed by atoms with Crippen molar-refractivity contribution in [3.8, 4) is 11.5 Å². The van der Waals surface area contributed by atoms with Gasteiger partial charge in [-0.25, -0.2) is 4.79 Å². The lowest BCUT2D eigenvalue weighted by atomic mass is 10.2. The fourth-order valence-corrected chi connectivity index (χ4v) is 4.85. The van der Waals surface area contributed by atoms with Gasteiger partial charge in [0, 0.05) is 18.3 Å². The van der Waals surface area contributed by atoms with Gasteiger partial charge in [0.05, 0.1) is 27.6 Å². The minimum atomic E-state index is -4.70. The number of nitro benzene ring substituents is 1. The zero-order valence-electron chi connectivity index (χ0n) is 16.4. The minimum absolute atomic E-state index is 0.162. The summed E-state index contributed by atoms with van der Waals surface area (Å²) >= 11 is 11.8. The molecule has 2 aromatic carbocycles. The van der Waals surface area contributed by atoms with Crippen LogP contribution in [0.1, 0.15) is 12.5 Å². The maximum Gasteiger partial charge on any atom is 0.416 e. The Morgan fingerprint density at radius 1 is 1.19 bits per heavy atom. The molecule has 8 nitrogen and oxygen atoms in total. The van der Waals surface area contributed by atoms with Crippen LogP contribution in [0.25, 0.3) is 0 Å². The van der Waals surface area contributed by atoms with Crippen LogP contribution < -0.4 is 10.0 Å². The number of benzene rings is 2. The van der Waals surface area contributed by atoms with Crippen molar-refractivity contribution in [1.29, 1.82) is 0 Å². The molecule has 0 N–H and O–H groups in total. The summed E-state index contributed by atoms with van der Waals surface area (Å²) in [6.07, 6.45) is -4.91. The molecule has 1 unspecified atom stereocenters. The van der Waals surface area contributed by atoms with Gasteiger partial charge in [0.15, 0.2) is 12.4 Å². The molecule has 0 aliphatic rings. The molecule has 0 spiro atoms. The Morgan fingerprint density at radius 3 is 2.25 bits per heavy atom. The lowest BCUT2D eigenvalue weighted by molar-refractivity contribution is -0.383. The van der Waals surface area contributed by atoms with Gasteiger partial charge in [-0.1, -0.05) is 30.1 Å². The summed E-state index contributed by atoms with van der Waals surface area (Å²) in [5.41, 5.74) is -1.67. The number of halogens is 5. The number of alkyl halides is 3. The van der Waals surface area contributed by atoms with E-state index in [1.807, 2.05) is 0 Å². The smallest absolute Gasteiger partial charge is 0.416 e. The topological polar surface area (TPSA) is 105 Å². The maximum absolute atomic E-state index is 13.3. The third-order valence-corrected chi connectivity index (χ3v) is 7.12. The van der Waals surface area contributed by atoms with E-state index < -0.39 is 52.3 Å². The van der Waals surface area contributed by atoms with Crippen LogP contribution in [0.15, 0.2) is 30.3 Å². The average molecular weight is 516 g/mol. The van der Waals surface area contributed by atoms with E-state index in [4.69, 9.17) is 32.5 Å². The van der Waals surface area contributed by atoms with E-state index in [1.54, 1.807) is 0 Å². The molecule has 0 saturated carbocycles. The van der Waals surface area contributed by atoms with Crippen molar-refractivity contribution in [1.82, 2.24) is 0 Å². The van der Waals surface area contributed by atoms with Crippen molar-refractivity contribution >= 4 is 47.5 Å². The van der Waals surface area contributed by atoms with E-state index >= 15 is 0 Å². The highest BCUT2D eigenvalue weighted by atomic mass is 35.5. The van der Waals surface area contributed by atoms with Crippen molar-refractivity contribution in [3.05, 3.63) is 56.1 Å². The van der Waals surface area contributed by atoms with Crippen LogP contribution in [0.2, 0.25) is 10.0 Å². The molecule has 0 fully saturated rings. The number of nitro groups is 1. The summed E-state index contributed by atoms with van der Waals surface area (Å²) < 4.78 is 67.0. The molecule has 1 atom stereocenters. The van der Waals surface area contributed by atoms with Gasteiger partial charge in [0.25, 0.3) is 5.69 Å². The molecule has 0 radical (unpaired) electrons. The number of ether oxygens (including phenoxy) is 2. The highest BCUT2D eigenvalue weighted by Crippen LogP contribution is 2.49. The van der Waals surface area contributed by atoms with Gasteiger partial charge >= 0.3 is 12.1 Å². The van der Waals surface area contributed by atoms with Crippen LogP contribution in [0, 0.1) is 10.1 Å². The van der Waals surface area contributed by atoms with Crippen molar-refractivity contribution in [2.24, 2.45) is 0 Å².